The van der Waals surface area contributed by atoms with E-state index in [0.717, 1.165) is 28.8 Å². The Kier molecular flexibility index (Phi) is 8.21. The number of phenols is 1. The Morgan fingerprint density at radius 2 is 1.68 bits per heavy atom. The topological polar surface area (TPSA) is 117 Å². The number of nitrogens with zero attached hydrogens (tertiary/aromatic N) is 5. The van der Waals surface area contributed by atoms with Gasteiger partial charge in [0.05, 0.1) is 13.1 Å². The molecule has 0 saturated carbocycles. The third kappa shape index (κ3) is 5.96. The van der Waals surface area contributed by atoms with Crippen molar-refractivity contribution in [2.75, 3.05) is 31.6 Å². The molecule has 6 rings (SSSR count). The van der Waals surface area contributed by atoms with E-state index < -0.39 is 12.2 Å². The molecule has 0 unspecified atom stereocenters. The quantitative estimate of drug-likeness (QED) is 0.413. The molecule has 3 heterocycles. The molecule has 0 radical (unpaired) electrons. The Labute approximate surface area is 256 Å². The molecule has 0 aromatic heterocycles. The lowest BCUT2D eigenvalue weighted by molar-refractivity contribution is -0.157. The number of phenolic OH excluding ortho intramolecular Hbond substituents is 1. The van der Waals surface area contributed by atoms with Crippen LogP contribution >= 0.6 is 0 Å². The van der Waals surface area contributed by atoms with Crippen LogP contribution in [0.15, 0.2) is 78.9 Å². The second kappa shape index (κ2) is 12.4. The van der Waals surface area contributed by atoms with Gasteiger partial charge in [-0.1, -0.05) is 54.6 Å². The van der Waals surface area contributed by atoms with Crippen LogP contribution in [-0.2, 0) is 33.9 Å². The average Bonchev–Trinajstić information content (AvgIpc) is 3.61. The van der Waals surface area contributed by atoms with Crippen molar-refractivity contribution >= 4 is 29.4 Å². The molecule has 228 valence electrons. The summed E-state index contributed by atoms with van der Waals surface area (Å²) in [7, 11) is 1.63. The number of amides is 5. The summed E-state index contributed by atoms with van der Waals surface area (Å²) in [6.07, 6.45) is 1.05. The Bertz CT molecular complexity index is 1550. The van der Waals surface area contributed by atoms with Crippen molar-refractivity contribution in [1.82, 2.24) is 25.1 Å². The van der Waals surface area contributed by atoms with Crippen LogP contribution in [0.3, 0.4) is 0 Å². The summed E-state index contributed by atoms with van der Waals surface area (Å²) in [6.45, 7) is 1.47. The lowest BCUT2D eigenvalue weighted by atomic mass is 9.99. The van der Waals surface area contributed by atoms with Gasteiger partial charge in [-0.2, -0.15) is 5.01 Å². The van der Waals surface area contributed by atoms with Gasteiger partial charge in [0, 0.05) is 45.2 Å². The van der Waals surface area contributed by atoms with Crippen molar-refractivity contribution in [1.29, 1.82) is 0 Å². The molecule has 0 aliphatic carbocycles. The number of benzene rings is 3. The van der Waals surface area contributed by atoms with Gasteiger partial charge in [0.2, 0.25) is 17.7 Å². The molecule has 3 aromatic carbocycles. The third-order valence-electron chi connectivity index (χ3n) is 8.57. The number of carbonyl (C=O) groups excluding carboxylic acids is 4. The molecule has 2 atom stereocenters. The van der Waals surface area contributed by atoms with Gasteiger partial charge in [-0.25, -0.2) is 4.79 Å². The summed E-state index contributed by atoms with van der Waals surface area (Å²) in [4.78, 5) is 58.3. The lowest BCUT2D eigenvalue weighted by Crippen LogP contribution is -2.65. The molecule has 11 heteroatoms. The van der Waals surface area contributed by atoms with Crippen LogP contribution < -0.4 is 10.2 Å². The summed E-state index contributed by atoms with van der Waals surface area (Å²) >= 11 is 0. The number of aromatic hydroxyl groups is 1. The minimum Gasteiger partial charge on any atom is -0.508 e. The monoisotopic (exact) mass is 596 g/mol. The maximum atomic E-state index is 14.1. The van der Waals surface area contributed by atoms with E-state index >= 15 is 0 Å². The van der Waals surface area contributed by atoms with Gasteiger partial charge in [0.1, 0.15) is 18.0 Å². The number of hydrogen-bond acceptors (Lipinski definition) is 6. The van der Waals surface area contributed by atoms with E-state index in [4.69, 9.17) is 0 Å². The largest absolute Gasteiger partial charge is 0.508 e. The molecule has 11 nitrogen and oxygen atoms in total. The fraction of sp³-hybridized carbons (Fsp3) is 0.333. The lowest BCUT2D eigenvalue weighted by Gasteiger charge is -2.45. The molecule has 3 fully saturated rings. The first-order valence-corrected chi connectivity index (χ1v) is 14.9. The predicted octanol–water partition coefficient (Wildman–Crippen LogP) is 2.70. The number of nitrogens with one attached hydrogen (secondary N) is 1. The fourth-order valence-corrected chi connectivity index (χ4v) is 6.27. The highest BCUT2D eigenvalue weighted by Gasteiger charge is 2.51. The fourth-order valence-electron chi connectivity index (χ4n) is 6.27. The molecule has 0 bridgehead atoms. The normalized spacial score (nSPS) is 20.3. The van der Waals surface area contributed by atoms with Crippen LogP contribution in [0.25, 0.3) is 0 Å². The average molecular weight is 597 g/mol. The minimum absolute atomic E-state index is 0.0420. The zero-order valence-electron chi connectivity index (χ0n) is 24.6. The standard InChI is InChI=1S/C33H36N6O5/c1-35(33(44)34-19-24-7-3-2-4-8-24)38-22-31(42)39-28(18-23-12-14-27(40)15-13-23)32(43)36(21-29(38)39)20-25-9-5-10-26(17-25)37-16-6-11-30(37)41/h2-5,7-10,12-15,17,28-29,40H,6,11,16,18-22H2,1H3,(H,34,44)/t28-,29+/m0/s1. The van der Waals surface area contributed by atoms with E-state index in [0.29, 0.717) is 19.5 Å². The third-order valence-corrected chi connectivity index (χ3v) is 8.57. The molecule has 3 aromatic rings. The van der Waals surface area contributed by atoms with Crippen molar-refractivity contribution in [3.05, 3.63) is 95.6 Å². The van der Waals surface area contributed by atoms with Crippen LogP contribution in [0.5, 0.6) is 5.75 Å². The van der Waals surface area contributed by atoms with Crippen LogP contribution in [0.2, 0.25) is 0 Å². The predicted molar refractivity (Wildman–Crippen MR) is 163 cm³/mol. The Morgan fingerprint density at radius 3 is 2.41 bits per heavy atom. The van der Waals surface area contributed by atoms with Gasteiger partial charge in [0.15, 0.2) is 0 Å². The molecule has 3 aliphatic heterocycles. The van der Waals surface area contributed by atoms with Gasteiger partial charge < -0.3 is 25.1 Å². The van der Waals surface area contributed by atoms with E-state index in [1.54, 1.807) is 51.0 Å². The molecule has 3 aliphatic rings. The summed E-state index contributed by atoms with van der Waals surface area (Å²) in [6, 6.07) is 22.7. The number of piperazine rings is 1. The smallest absolute Gasteiger partial charge is 0.332 e. The Balaban J connectivity index is 1.25. The highest BCUT2D eigenvalue weighted by Crippen LogP contribution is 2.31. The molecule has 3 saturated heterocycles. The van der Waals surface area contributed by atoms with E-state index in [1.807, 2.05) is 54.6 Å². The number of hydrazine groups is 1. The first kappa shape index (κ1) is 29.2. The number of urea groups is 1. The van der Waals surface area contributed by atoms with E-state index in [9.17, 15) is 24.3 Å². The van der Waals surface area contributed by atoms with Gasteiger partial charge in [-0.15, -0.1) is 0 Å². The second-order valence-corrected chi connectivity index (χ2v) is 11.5. The molecule has 0 spiro atoms. The zero-order valence-corrected chi connectivity index (χ0v) is 24.6. The van der Waals surface area contributed by atoms with E-state index in [-0.39, 0.29) is 55.6 Å². The summed E-state index contributed by atoms with van der Waals surface area (Å²) in [5.74, 6) is -0.215. The molecule has 5 amide bonds. The Morgan fingerprint density at radius 1 is 0.932 bits per heavy atom. The first-order chi connectivity index (χ1) is 21.3. The summed E-state index contributed by atoms with van der Waals surface area (Å²) in [5, 5.41) is 15.8. The van der Waals surface area contributed by atoms with Gasteiger partial charge in [-0.3, -0.25) is 19.4 Å². The minimum atomic E-state index is -0.792. The van der Waals surface area contributed by atoms with Crippen molar-refractivity contribution < 1.29 is 24.3 Å². The van der Waals surface area contributed by atoms with Crippen LogP contribution in [0, 0.1) is 0 Å². The number of rotatable bonds is 8. The molecule has 44 heavy (non-hydrogen) atoms. The van der Waals surface area contributed by atoms with Crippen molar-refractivity contribution in [3.8, 4) is 5.75 Å². The number of hydrogen-bond donors (Lipinski definition) is 2. The molecular weight excluding hydrogens is 560 g/mol. The number of carbonyl (C=O) groups is 4. The van der Waals surface area contributed by atoms with Crippen molar-refractivity contribution in [2.45, 2.75) is 44.6 Å². The van der Waals surface area contributed by atoms with Gasteiger partial charge in [0.25, 0.3) is 0 Å². The second-order valence-electron chi connectivity index (χ2n) is 11.5. The molecule has 2 N–H and O–H groups in total. The van der Waals surface area contributed by atoms with E-state index in [1.165, 1.54) is 5.01 Å². The van der Waals surface area contributed by atoms with Crippen LogP contribution in [0.4, 0.5) is 10.5 Å². The maximum Gasteiger partial charge on any atom is 0.332 e. The summed E-state index contributed by atoms with van der Waals surface area (Å²) < 4.78 is 0. The van der Waals surface area contributed by atoms with Gasteiger partial charge in [-0.05, 0) is 47.4 Å². The number of anilines is 1. The summed E-state index contributed by atoms with van der Waals surface area (Å²) in [5.41, 5.74) is 3.44. The first-order valence-electron chi connectivity index (χ1n) is 14.9. The molecular formula is C33H36N6O5. The van der Waals surface area contributed by atoms with E-state index in [2.05, 4.69) is 5.32 Å². The highest BCUT2D eigenvalue weighted by atomic mass is 16.3. The number of fused-ring (bicyclic) bond motifs is 1. The van der Waals surface area contributed by atoms with Gasteiger partial charge >= 0.3 is 6.03 Å². The SMILES string of the molecule is CN(C(=O)NCc1ccccc1)N1CC(=O)N2[C@@H](Cc3ccc(O)cc3)C(=O)N(Cc3cccc(N4CCCC4=O)c3)C[C@@H]21. The van der Waals surface area contributed by atoms with Crippen molar-refractivity contribution in [3.63, 3.8) is 0 Å². The van der Waals surface area contributed by atoms with Crippen LogP contribution in [0.1, 0.15) is 29.5 Å². The van der Waals surface area contributed by atoms with Crippen molar-refractivity contribution in [2.24, 2.45) is 0 Å². The Hall–Kier alpha value is -4.90. The highest BCUT2D eigenvalue weighted by molar-refractivity contribution is 5.95. The maximum absolute atomic E-state index is 14.1. The van der Waals surface area contributed by atoms with Crippen LogP contribution in [-0.4, -0.2) is 87.6 Å². The zero-order chi connectivity index (χ0) is 30.8.